The Hall–Kier alpha value is -3.98. The summed E-state index contributed by atoms with van der Waals surface area (Å²) in [6, 6.07) is 20.7. The molecule has 1 heterocycles. The Labute approximate surface area is 227 Å². The molecule has 1 N–H and O–H groups in total. The molecule has 1 atom stereocenters. The van der Waals surface area contributed by atoms with Crippen LogP contribution in [0.5, 0.6) is 17.2 Å². The molecule has 1 saturated heterocycles. The molecule has 1 aliphatic rings. The van der Waals surface area contributed by atoms with Gasteiger partial charge in [-0.3, -0.25) is 14.5 Å². The van der Waals surface area contributed by atoms with E-state index in [9.17, 15) is 9.59 Å². The summed E-state index contributed by atoms with van der Waals surface area (Å²) < 4.78 is 15.8. The number of benzene rings is 3. The van der Waals surface area contributed by atoms with Crippen molar-refractivity contribution in [3.63, 3.8) is 0 Å². The van der Waals surface area contributed by atoms with Gasteiger partial charge in [-0.1, -0.05) is 41.6 Å². The van der Waals surface area contributed by atoms with Gasteiger partial charge in [0, 0.05) is 24.7 Å². The molecule has 198 valence electrons. The molecule has 0 radical (unpaired) electrons. The van der Waals surface area contributed by atoms with Crippen molar-refractivity contribution in [1.82, 2.24) is 4.90 Å². The van der Waals surface area contributed by atoms with E-state index in [1.54, 1.807) is 37.3 Å². The fourth-order valence-corrected chi connectivity index (χ4v) is 5.17. The van der Waals surface area contributed by atoms with Crippen LogP contribution in [-0.2, 0) is 16.0 Å². The maximum absolute atomic E-state index is 13.4. The summed E-state index contributed by atoms with van der Waals surface area (Å²) >= 11 is 1.32. The van der Waals surface area contributed by atoms with Crippen molar-refractivity contribution in [3.8, 4) is 17.2 Å². The van der Waals surface area contributed by atoms with Crippen LogP contribution in [-0.4, -0.2) is 55.0 Å². The highest BCUT2D eigenvalue weighted by Crippen LogP contribution is 2.33. The lowest BCUT2D eigenvalue weighted by molar-refractivity contribution is -0.128. The van der Waals surface area contributed by atoms with E-state index in [2.05, 4.69) is 5.32 Å². The quantitative estimate of drug-likeness (QED) is 0.384. The Balaban J connectivity index is 1.49. The highest BCUT2D eigenvalue weighted by molar-refractivity contribution is 8.15. The molecule has 4 rings (SSSR count). The van der Waals surface area contributed by atoms with Gasteiger partial charge >= 0.3 is 0 Å². The zero-order valence-corrected chi connectivity index (χ0v) is 22.7. The van der Waals surface area contributed by atoms with Gasteiger partial charge in [-0.2, -0.15) is 0 Å². The van der Waals surface area contributed by atoms with E-state index >= 15 is 0 Å². The summed E-state index contributed by atoms with van der Waals surface area (Å²) in [5.41, 5.74) is 3.53. The van der Waals surface area contributed by atoms with Crippen LogP contribution in [0.3, 0.4) is 0 Å². The third kappa shape index (κ3) is 6.66. The largest absolute Gasteiger partial charge is 0.497 e. The number of ether oxygens (including phenoxy) is 3. The predicted octanol–water partition coefficient (Wildman–Crippen LogP) is 5.22. The Kier molecular flexibility index (Phi) is 8.91. The number of thioether (sulfide) groups is 1. The Morgan fingerprint density at radius 2 is 1.66 bits per heavy atom. The Bertz CT molecular complexity index is 1310. The van der Waals surface area contributed by atoms with Crippen molar-refractivity contribution in [1.29, 1.82) is 0 Å². The van der Waals surface area contributed by atoms with Gasteiger partial charge in [0.1, 0.15) is 11.0 Å². The molecule has 8 nitrogen and oxygen atoms in total. The summed E-state index contributed by atoms with van der Waals surface area (Å²) in [7, 11) is 4.71. The highest BCUT2D eigenvalue weighted by Gasteiger charge is 2.39. The first-order valence-corrected chi connectivity index (χ1v) is 13.1. The average Bonchev–Trinajstić information content (AvgIpc) is 3.21. The molecule has 2 amide bonds. The molecule has 0 aromatic heterocycles. The minimum absolute atomic E-state index is 0.0177. The van der Waals surface area contributed by atoms with Crippen molar-refractivity contribution >= 4 is 40.1 Å². The molecule has 38 heavy (non-hydrogen) atoms. The van der Waals surface area contributed by atoms with E-state index in [0.29, 0.717) is 35.3 Å². The van der Waals surface area contributed by atoms with Gasteiger partial charge in [0.05, 0.1) is 27.0 Å². The van der Waals surface area contributed by atoms with Gasteiger partial charge in [-0.25, -0.2) is 4.99 Å². The second-order valence-electron chi connectivity index (χ2n) is 8.75. The lowest BCUT2D eigenvalue weighted by Gasteiger charge is -2.17. The molecule has 3 aromatic rings. The number of rotatable bonds is 10. The third-order valence-corrected chi connectivity index (χ3v) is 7.28. The molecule has 1 unspecified atom stereocenters. The zero-order valence-electron chi connectivity index (χ0n) is 21.9. The lowest BCUT2D eigenvalue weighted by atomic mass is 10.1. The van der Waals surface area contributed by atoms with E-state index in [-0.39, 0.29) is 18.2 Å². The molecule has 0 bridgehead atoms. The number of carbonyl (C=O) groups excluding carboxylic acids is 2. The fraction of sp³-hybridized carbons (Fsp3) is 0.276. The number of nitrogens with zero attached hydrogens (tertiary/aromatic N) is 2. The molecule has 1 fully saturated rings. The number of methoxy groups -OCH3 is 3. The topological polar surface area (TPSA) is 89.5 Å². The van der Waals surface area contributed by atoms with Crippen LogP contribution in [0.2, 0.25) is 0 Å². The van der Waals surface area contributed by atoms with Crippen molar-refractivity contribution in [2.24, 2.45) is 4.99 Å². The molecule has 1 aliphatic heterocycles. The van der Waals surface area contributed by atoms with Gasteiger partial charge in [0.25, 0.3) is 0 Å². The van der Waals surface area contributed by atoms with Crippen molar-refractivity contribution in [3.05, 3.63) is 77.9 Å². The monoisotopic (exact) mass is 533 g/mol. The van der Waals surface area contributed by atoms with Crippen LogP contribution in [0.15, 0.2) is 71.7 Å². The van der Waals surface area contributed by atoms with E-state index < -0.39 is 5.25 Å². The van der Waals surface area contributed by atoms with Gasteiger partial charge in [-0.15, -0.1) is 0 Å². The number of hydrogen-bond donors (Lipinski definition) is 1. The molecule has 9 heteroatoms. The number of amidine groups is 1. The molecule has 0 saturated carbocycles. The first kappa shape index (κ1) is 27.1. The van der Waals surface area contributed by atoms with Gasteiger partial charge in [0.15, 0.2) is 16.7 Å². The second-order valence-corrected chi connectivity index (χ2v) is 9.92. The summed E-state index contributed by atoms with van der Waals surface area (Å²) in [6.07, 6.45) is 0.664. The van der Waals surface area contributed by atoms with Crippen LogP contribution in [0, 0.1) is 6.92 Å². The molecule has 0 spiro atoms. The van der Waals surface area contributed by atoms with Crippen LogP contribution in [0.4, 0.5) is 11.4 Å². The second kappa shape index (κ2) is 12.5. The third-order valence-electron chi connectivity index (χ3n) is 6.10. The molecule has 0 aliphatic carbocycles. The van der Waals surface area contributed by atoms with E-state index in [0.717, 1.165) is 22.6 Å². The van der Waals surface area contributed by atoms with Crippen LogP contribution < -0.4 is 19.5 Å². The minimum atomic E-state index is -0.574. The van der Waals surface area contributed by atoms with Gasteiger partial charge < -0.3 is 19.5 Å². The molecule has 3 aromatic carbocycles. The number of aliphatic imine (C=N–C) groups is 1. The number of aryl methyl sites for hydroxylation is 1. The van der Waals surface area contributed by atoms with Gasteiger partial charge in [0.2, 0.25) is 11.8 Å². The van der Waals surface area contributed by atoms with Crippen molar-refractivity contribution in [2.45, 2.75) is 25.0 Å². The standard InChI is InChI=1S/C29H31N3O5S/c1-19-5-9-21(10-6-19)31-29-32(16-15-20-7-12-23(35-2)13-8-20)28(34)26(38-29)18-27(33)30-22-11-14-24(36-3)25(17-22)37-4/h5-14,17,26H,15-16,18H2,1-4H3,(H,30,33). The highest BCUT2D eigenvalue weighted by atomic mass is 32.2. The van der Waals surface area contributed by atoms with Gasteiger partial charge in [-0.05, 0) is 55.3 Å². The molecular formula is C29H31N3O5S. The fourth-order valence-electron chi connectivity index (χ4n) is 3.99. The summed E-state index contributed by atoms with van der Waals surface area (Å²) in [5, 5.41) is 2.88. The normalized spacial score (nSPS) is 16.0. The van der Waals surface area contributed by atoms with E-state index in [1.165, 1.54) is 18.9 Å². The van der Waals surface area contributed by atoms with Crippen LogP contribution in [0.25, 0.3) is 0 Å². The maximum atomic E-state index is 13.4. The number of nitrogens with one attached hydrogen (secondary N) is 1. The SMILES string of the molecule is COc1ccc(CCN2C(=O)C(CC(=O)Nc3ccc(OC)c(OC)c3)SC2=Nc2ccc(C)cc2)cc1. The Morgan fingerprint density at radius 3 is 2.32 bits per heavy atom. The number of hydrogen-bond acceptors (Lipinski definition) is 7. The van der Waals surface area contributed by atoms with Crippen LogP contribution >= 0.6 is 11.8 Å². The molecular weight excluding hydrogens is 502 g/mol. The predicted molar refractivity (Wildman–Crippen MR) is 151 cm³/mol. The minimum Gasteiger partial charge on any atom is -0.497 e. The van der Waals surface area contributed by atoms with Crippen molar-refractivity contribution in [2.75, 3.05) is 33.2 Å². The first-order chi connectivity index (χ1) is 18.4. The van der Waals surface area contributed by atoms with Crippen LogP contribution in [0.1, 0.15) is 17.5 Å². The number of carbonyl (C=O) groups is 2. The zero-order chi connectivity index (χ0) is 27.1. The number of amides is 2. The average molecular weight is 534 g/mol. The van der Waals surface area contributed by atoms with E-state index in [1.807, 2.05) is 55.5 Å². The first-order valence-electron chi connectivity index (χ1n) is 12.2. The van der Waals surface area contributed by atoms with E-state index in [4.69, 9.17) is 19.2 Å². The summed E-state index contributed by atoms with van der Waals surface area (Å²) in [6.45, 7) is 2.47. The summed E-state index contributed by atoms with van der Waals surface area (Å²) in [5.74, 6) is 1.46. The smallest absolute Gasteiger partial charge is 0.242 e. The number of anilines is 1. The Morgan fingerprint density at radius 1 is 0.947 bits per heavy atom. The summed E-state index contributed by atoms with van der Waals surface area (Å²) in [4.78, 5) is 32.8. The lowest BCUT2D eigenvalue weighted by Crippen LogP contribution is -2.35. The maximum Gasteiger partial charge on any atom is 0.242 e. The van der Waals surface area contributed by atoms with Crippen molar-refractivity contribution < 1.29 is 23.8 Å².